The molecule has 0 atom stereocenters. The zero-order chi connectivity index (χ0) is 17.7. The zero-order valence-electron chi connectivity index (χ0n) is 13.9. The molecule has 0 aliphatic rings. The summed E-state index contributed by atoms with van der Waals surface area (Å²) in [5.41, 5.74) is 3.34. The lowest BCUT2D eigenvalue weighted by Crippen LogP contribution is -2.26. The molecule has 0 spiro atoms. The molecule has 6 nitrogen and oxygen atoms in total. The molecule has 0 fully saturated rings. The van der Waals surface area contributed by atoms with Crippen molar-refractivity contribution >= 4 is 21.8 Å². The van der Waals surface area contributed by atoms with Crippen molar-refractivity contribution in [3.63, 3.8) is 0 Å². The number of fused-ring (bicyclic) bond motifs is 2. The van der Waals surface area contributed by atoms with Crippen LogP contribution in [0.2, 0.25) is 0 Å². The van der Waals surface area contributed by atoms with Gasteiger partial charge in [-0.25, -0.2) is 9.66 Å². The third-order valence-electron chi connectivity index (χ3n) is 4.39. The third kappa shape index (κ3) is 2.30. The van der Waals surface area contributed by atoms with Crippen LogP contribution in [0.1, 0.15) is 11.1 Å². The van der Waals surface area contributed by atoms with Crippen molar-refractivity contribution in [3.05, 3.63) is 80.6 Å². The average molecular weight is 332 g/mol. The molecule has 0 unspecified atom stereocenters. The molecule has 124 valence electrons. The normalized spacial score (nSPS) is 11.3. The van der Waals surface area contributed by atoms with Gasteiger partial charge in [0.25, 0.3) is 11.1 Å². The van der Waals surface area contributed by atoms with Gasteiger partial charge in [0.2, 0.25) is 0 Å². The first-order valence-electron chi connectivity index (χ1n) is 7.86. The standard InChI is InChI=1S/C19H16N4O2/c1-11-3-4-12(2)17(9-11)22-7-5-15-13(18(22)24)10-14-16(21-15)6-8-23(20)19(14)25/h3-10H,20H2,1-2H3. The number of pyridine rings is 3. The third-order valence-corrected chi connectivity index (χ3v) is 4.39. The predicted molar refractivity (Wildman–Crippen MR) is 98.7 cm³/mol. The molecule has 0 amide bonds. The first-order valence-corrected chi connectivity index (χ1v) is 7.86. The smallest absolute Gasteiger partial charge is 0.278 e. The van der Waals surface area contributed by atoms with Crippen LogP contribution in [0.25, 0.3) is 27.5 Å². The molecule has 3 heterocycles. The highest BCUT2D eigenvalue weighted by Crippen LogP contribution is 2.18. The van der Waals surface area contributed by atoms with Gasteiger partial charge in [0.05, 0.1) is 27.5 Å². The molecule has 0 saturated heterocycles. The number of hydrogen-bond donors (Lipinski definition) is 1. The van der Waals surface area contributed by atoms with E-state index in [0.29, 0.717) is 21.8 Å². The van der Waals surface area contributed by atoms with E-state index in [9.17, 15) is 9.59 Å². The van der Waals surface area contributed by atoms with Gasteiger partial charge < -0.3 is 5.84 Å². The summed E-state index contributed by atoms with van der Waals surface area (Å²) >= 11 is 0. The molecule has 3 aromatic heterocycles. The van der Waals surface area contributed by atoms with E-state index in [2.05, 4.69) is 4.98 Å². The van der Waals surface area contributed by atoms with E-state index in [1.807, 2.05) is 32.0 Å². The van der Waals surface area contributed by atoms with E-state index in [1.165, 1.54) is 6.20 Å². The molecular weight excluding hydrogens is 316 g/mol. The monoisotopic (exact) mass is 332 g/mol. The summed E-state index contributed by atoms with van der Waals surface area (Å²) in [6.07, 6.45) is 3.18. The highest BCUT2D eigenvalue weighted by molar-refractivity contribution is 5.91. The molecule has 2 N–H and O–H groups in total. The fourth-order valence-electron chi connectivity index (χ4n) is 3.01. The number of benzene rings is 1. The Morgan fingerprint density at radius 2 is 1.56 bits per heavy atom. The van der Waals surface area contributed by atoms with Gasteiger partial charge in [0.1, 0.15) is 0 Å². The van der Waals surface area contributed by atoms with Crippen LogP contribution in [0, 0.1) is 13.8 Å². The Morgan fingerprint density at radius 1 is 0.880 bits per heavy atom. The minimum absolute atomic E-state index is 0.215. The maximum Gasteiger partial charge on any atom is 0.278 e. The lowest BCUT2D eigenvalue weighted by Gasteiger charge is -2.11. The topological polar surface area (TPSA) is 82.9 Å². The van der Waals surface area contributed by atoms with Crippen molar-refractivity contribution in [1.29, 1.82) is 0 Å². The summed E-state index contributed by atoms with van der Waals surface area (Å²) in [7, 11) is 0. The van der Waals surface area contributed by atoms with Crippen LogP contribution < -0.4 is 17.0 Å². The van der Waals surface area contributed by atoms with Crippen LogP contribution in [0.15, 0.2) is 58.4 Å². The maximum absolute atomic E-state index is 13.0. The number of nitrogens with zero attached hydrogens (tertiary/aromatic N) is 3. The lowest BCUT2D eigenvalue weighted by molar-refractivity contribution is 0.951. The van der Waals surface area contributed by atoms with Gasteiger partial charge in [0.15, 0.2) is 0 Å². The quantitative estimate of drug-likeness (QED) is 0.427. The minimum atomic E-state index is -0.381. The highest BCUT2D eigenvalue weighted by atomic mass is 16.1. The summed E-state index contributed by atoms with van der Waals surface area (Å²) in [4.78, 5) is 29.7. The Balaban J connectivity index is 2.10. The number of nitrogens with two attached hydrogens (primary N) is 1. The van der Waals surface area contributed by atoms with Gasteiger partial charge in [0, 0.05) is 12.4 Å². The average Bonchev–Trinajstić information content (AvgIpc) is 2.60. The molecule has 4 aromatic rings. The lowest BCUT2D eigenvalue weighted by atomic mass is 10.1. The van der Waals surface area contributed by atoms with Crippen LogP contribution in [0.5, 0.6) is 0 Å². The second-order valence-corrected chi connectivity index (χ2v) is 6.16. The van der Waals surface area contributed by atoms with Crippen LogP contribution in [-0.2, 0) is 0 Å². The fourth-order valence-corrected chi connectivity index (χ4v) is 3.01. The van der Waals surface area contributed by atoms with Crippen molar-refractivity contribution in [1.82, 2.24) is 14.2 Å². The Kier molecular flexibility index (Phi) is 3.21. The number of aryl methyl sites for hydroxylation is 2. The van der Waals surface area contributed by atoms with Crippen molar-refractivity contribution in [3.8, 4) is 5.69 Å². The van der Waals surface area contributed by atoms with Gasteiger partial charge in [-0.1, -0.05) is 12.1 Å². The van der Waals surface area contributed by atoms with E-state index >= 15 is 0 Å². The SMILES string of the molecule is Cc1ccc(C)c(-n2ccc3nc4ccn(N)c(=O)c4cc3c2=O)c1. The first kappa shape index (κ1) is 15.1. The van der Waals surface area contributed by atoms with Crippen LogP contribution >= 0.6 is 0 Å². The van der Waals surface area contributed by atoms with Gasteiger partial charge >= 0.3 is 0 Å². The van der Waals surface area contributed by atoms with Crippen LogP contribution in [-0.4, -0.2) is 14.2 Å². The van der Waals surface area contributed by atoms with Gasteiger partial charge in [-0.3, -0.25) is 14.2 Å². The van der Waals surface area contributed by atoms with E-state index in [1.54, 1.807) is 29.0 Å². The maximum atomic E-state index is 13.0. The van der Waals surface area contributed by atoms with Crippen molar-refractivity contribution in [2.24, 2.45) is 0 Å². The number of aromatic nitrogens is 3. The Hall–Kier alpha value is -3.41. The fraction of sp³-hybridized carbons (Fsp3) is 0.105. The zero-order valence-corrected chi connectivity index (χ0v) is 13.9. The number of nitrogen functional groups attached to an aromatic ring is 1. The summed E-state index contributed by atoms with van der Waals surface area (Å²) in [5.74, 6) is 5.62. The summed E-state index contributed by atoms with van der Waals surface area (Å²) in [6.45, 7) is 3.94. The van der Waals surface area contributed by atoms with E-state index in [-0.39, 0.29) is 11.1 Å². The molecule has 0 saturated carbocycles. The molecular formula is C19H16N4O2. The van der Waals surface area contributed by atoms with Crippen LogP contribution in [0.3, 0.4) is 0 Å². The van der Waals surface area contributed by atoms with Crippen LogP contribution in [0.4, 0.5) is 0 Å². The molecule has 0 aliphatic carbocycles. The van der Waals surface area contributed by atoms with Gasteiger partial charge in [-0.15, -0.1) is 0 Å². The Labute approximate surface area is 142 Å². The van der Waals surface area contributed by atoms with E-state index in [0.717, 1.165) is 21.5 Å². The predicted octanol–water partition coefficient (Wildman–Crippen LogP) is 2.03. The largest absolute Gasteiger partial charge is 0.336 e. The molecule has 25 heavy (non-hydrogen) atoms. The Bertz CT molecular complexity index is 1270. The number of rotatable bonds is 1. The molecule has 0 radical (unpaired) electrons. The first-order chi connectivity index (χ1) is 12.0. The Morgan fingerprint density at radius 3 is 2.32 bits per heavy atom. The summed E-state index contributed by atoms with van der Waals surface area (Å²) in [5, 5.41) is 0.715. The second kappa shape index (κ2) is 5.31. The van der Waals surface area contributed by atoms with E-state index < -0.39 is 0 Å². The summed E-state index contributed by atoms with van der Waals surface area (Å²) in [6, 6.07) is 11.0. The molecule has 4 rings (SSSR count). The summed E-state index contributed by atoms with van der Waals surface area (Å²) < 4.78 is 2.57. The van der Waals surface area contributed by atoms with Crippen molar-refractivity contribution in [2.75, 3.05) is 5.84 Å². The van der Waals surface area contributed by atoms with Gasteiger partial charge in [-0.05, 0) is 49.2 Å². The highest BCUT2D eigenvalue weighted by Gasteiger charge is 2.11. The van der Waals surface area contributed by atoms with E-state index in [4.69, 9.17) is 5.84 Å². The molecule has 0 aliphatic heterocycles. The molecule has 6 heteroatoms. The number of hydrogen-bond acceptors (Lipinski definition) is 4. The van der Waals surface area contributed by atoms with Gasteiger partial charge in [-0.2, -0.15) is 0 Å². The molecule has 1 aromatic carbocycles. The minimum Gasteiger partial charge on any atom is -0.336 e. The second-order valence-electron chi connectivity index (χ2n) is 6.16. The van der Waals surface area contributed by atoms with Crippen molar-refractivity contribution < 1.29 is 0 Å². The molecule has 0 bridgehead atoms. The van der Waals surface area contributed by atoms with Crippen molar-refractivity contribution in [2.45, 2.75) is 13.8 Å².